The number of aromatic nitrogens is 2. The topological polar surface area (TPSA) is 38.9 Å². The van der Waals surface area contributed by atoms with Gasteiger partial charge < -0.3 is 4.42 Å². The molecule has 0 unspecified atom stereocenters. The van der Waals surface area contributed by atoms with E-state index in [-0.39, 0.29) is 0 Å². The predicted molar refractivity (Wildman–Crippen MR) is 219 cm³/mol. The third-order valence-electron chi connectivity index (χ3n) is 10.1. The largest absolute Gasteiger partial charge is 0.456 e. The minimum atomic E-state index is 0.690. The van der Waals surface area contributed by atoms with E-state index in [1.807, 2.05) is 18.2 Å². The minimum absolute atomic E-state index is 0.690. The molecule has 2 aromatic heterocycles. The van der Waals surface area contributed by atoms with E-state index in [9.17, 15) is 0 Å². The molecule has 0 atom stereocenters. The molecule has 0 aliphatic carbocycles. The minimum Gasteiger partial charge on any atom is -0.456 e. The molecule has 8 aromatic carbocycles. The number of hydrogen-bond acceptors (Lipinski definition) is 3. The van der Waals surface area contributed by atoms with Gasteiger partial charge in [-0.3, -0.25) is 0 Å². The zero-order valence-electron chi connectivity index (χ0n) is 28.8. The predicted octanol–water partition coefficient (Wildman–Crippen LogP) is 13.5. The molecule has 248 valence electrons. The highest BCUT2D eigenvalue weighted by molar-refractivity contribution is 6.06. The number of furan rings is 1. The van der Waals surface area contributed by atoms with Gasteiger partial charge in [0.15, 0.2) is 5.82 Å². The van der Waals surface area contributed by atoms with Gasteiger partial charge in [0.05, 0.1) is 11.4 Å². The van der Waals surface area contributed by atoms with E-state index in [2.05, 4.69) is 176 Å². The molecule has 3 nitrogen and oxygen atoms in total. The molecule has 0 aliphatic heterocycles. The Kier molecular flexibility index (Phi) is 7.47. The second kappa shape index (κ2) is 12.9. The summed E-state index contributed by atoms with van der Waals surface area (Å²) < 4.78 is 6.33. The van der Waals surface area contributed by atoms with Gasteiger partial charge in [-0.05, 0) is 92.7 Å². The van der Waals surface area contributed by atoms with Crippen LogP contribution >= 0.6 is 0 Å². The molecule has 2 heterocycles. The summed E-state index contributed by atoms with van der Waals surface area (Å²) in [6.45, 7) is 0. The number of hydrogen-bond donors (Lipinski definition) is 0. The van der Waals surface area contributed by atoms with Crippen molar-refractivity contribution in [3.8, 4) is 67.3 Å². The first-order chi connectivity index (χ1) is 26.2. The molecule has 0 fully saturated rings. The van der Waals surface area contributed by atoms with Crippen molar-refractivity contribution < 1.29 is 4.42 Å². The van der Waals surface area contributed by atoms with Crippen molar-refractivity contribution in [3.63, 3.8) is 0 Å². The van der Waals surface area contributed by atoms with Gasteiger partial charge in [0, 0.05) is 27.5 Å². The average molecular weight is 677 g/mol. The van der Waals surface area contributed by atoms with Gasteiger partial charge in [0.1, 0.15) is 11.2 Å². The Hall–Kier alpha value is -7.10. The SMILES string of the molecule is c1ccc(-c2cccc(-c3cc(-c4cc(-c5ccccc5)cc(-c5ccc6c(c5)oc5ccccc56)c4)nc(-c4cccc5ccccc45)n3)c2)cc1. The Balaban J connectivity index is 1.20. The van der Waals surface area contributed by atoms with Crippen LogP contribution in [-0.4, -0.2) is 9.97 Å². The third-order valence-corrected chi connectivity index (χ3v) is 10.1. The molecule has 3 heteroatoms. The van der Waals surface area contributed by atoms with Gasteiger partial charge in [-0.15, -0.1) is 0 Å². The van der Waals surface area contributed by atoms with Crippen molar-refractivity contribution in [2.24, 2.45) is 0 Å². The maximum Gasteiger partial charge on any atom is 0.161 e. The van der Waals surface area contributed by atoms with Gasteiger partial charge in [0.25, 0.3) is 0 Å². The van der Waals surface area contributed by atoms with Crippen LogP contribution in [0.15, 0.2) is 199 Å². The first-order valence-corrected chi connectivity index (χ1v) is 17.9. The van der Waals surface area contributed by atoms with Gasteiger partial charge in [0.2, 0.25) is 0 Å². The summed E-state index contributed by atoms with van der Waals surface area (Å²) in [6.07, 6.45) is 0. The molecule has 10 rings (SSSR count). The second-order valence-corrected chi connectivity index (χ2v) is 13.4. The van der Waals surface area contributed by atoms with E-state index in [1.165, 1.54) is 5.56 Å². The third kappa shape index (κ3) is 5.75. The molecule has 10 aromatic rings. The van der Waals surface area contributed by atoms with Crippen LogP contribution in [0.25, 0.3) is 100.0 Å². The fourth-order valence-electron chi connectivity index (χ4n) is 7.42. The van der Waals surface area contributed by atoms with Crippen LogP contribution < -0.4 is 0 Å². The number of benzene rings is 8. The Morgan fingerprint density at radius 3 is 1.64 bits per heavy atom. The number of para-hydroxylation sites is 1. The van der Waals surface area contributed by atoms with Crippen LogP contribution in [0.3, 0.4) is 0 Å². The summed E-state index contributed by atoms with van der Waals surface area (Å²) in [7, 11) is 0. The van der Waals surface area contributed by atoms with Gasteiger partial charge >= 0.3 is 0 Å². The van der Waals surface area contributed by atoms with Crippen LogP contribution in [0.5, 0.6) is 0 Å². The molecular weight excluding hydrogens is 645 g/mol. The van der Waals surface area contributed by atoms with E-state index in [0.29, 0.717) is 5.82 Å². The number of fused-ring (bicyclic) bond motifs is 4. The van der Waals surface area contributed by atoms with E-state index in [0.717, 1.165) is 88.6 Å². The Labute approximate surface area is 307 Å². The molecule has 0 radical (unpaired) electrons. The summed E-state index contributed by atoms with van der Waals surface area (Å²) in [5, 5.41) is 4.51. The zero-order valence-corrected chi connectivity index (χ0v) is 28.8. The second-order valence-electron chi connectivity index (χ2n) is 13.4. The van der Waals surface area contributed by atoms with Crippen molar-refractivity contribution >= 4 is 32.7 Å². The Morgan fingerprint density at radius 1 is 0.302 bits per heavy atom. The molecule has 0 aliphatic rings. The zero-order chi connectivity index (χ0) is 35.1. The van der Waals surface area contributed by atoms with Crippen LogP contribution in [0, 0.1) is 0 Å². The maximum atomic E-state index is 6.33. The van der Waals surface area contributed by atoms with E-state index in [1.54, 1.807) is 0 Å². The summed E-state index contributed by atoms with van der Waals surface area (Å²) in [5.74, 6) is 0.690. The average Bonchev–Trinajstić information content (AvgIpc) is 3.62. The maximum absolute atomic E-state index is 6.33. The van der Waals surface area contributed by atoms with Crippen LogP contribution in [0.1, 0.15) is 0 Å². The van der Waals surface area contributed by atoms with Crippen molar-refractivity contribution in [1.29, 1.82) is 0 Å². The van der Waals surface area contributed by atoms with E-state index in [4.69, 9.17) is 14.4 Å². The highest BCUT2D eigenvalue weighted by Crippen LogP contribution is 2.38. The van der Waals surface area contributed by atoms with Crippen molar-refractivity contribution in [3.05, 3.63) is 194 Å². The summed E-state index contributed by atoms with van der Waals surface area (Å²) >= 11 is 0. The van der Waals surface area contributed by atoms with Gasteiger partial charge in [-0.25, -0.2) is 9.97 Å². The lowest BCUT2D eigenvalue weighted by molar-refractivity contribution is 0.669. The molecule has 0 saturated heterocycles. The first-order valence-electron chi connectivity index (χ1n) is 17.9. The lowest BCUT2D eigenvalue weighted by Gasteiger charge is -2.14. The van der Waals surface area contributed by atoms with Crippen LogP contribution in [0.4, 0.5) is 0 Å². The smallest absolute Gasteiger partial charge is 0.161 e. The van der Waals surface area contributed by atoms with Gasteiger partial charge in [-0.1, -0.05) is 146 Å². The standard InChI is InChI=1S/C50H32N2O/c1-3-13-33(14-4-1)36-19-11-20-38(27-36)46-32-47(52-50(51-46)45-23-12-18-35-17-7-8-21-42(35)45)41-29-39(34-15-5-2-6-16-34)28-40(30-41)37-25-26-44-43-22-9-10-24-48(43)53-49(44)31-37/h1-32H. The normalized spacial score (nSPS) is 11.4. The van der Waals surface area contributed by atoms with Crippen molar-refractivity contribution in [2.45, 2.75) is 0 Å². The summed E-state index contributed by atoms with van der Waals surface area (Å²) in [5.41, 5.74) is 13.3. The van der Waals surface area contributed by atoms with Crippen molar-refractivity contribution in [1.82, 2.24) is 9.97 Å². The highest BCUT2D eigenvalue weighted by atomic mass is 16.3. The fourth-order valence-corrected chi connectivity index (χ4v) is 7.42. The Bertz CT molecular complexity index is 2940. The molecule has 0 saturated carbocycles. The molecule has 0 spiro atoms. The number of nitrogens with zero attached hydrogens (tertiary/aromatic N) is 2. The summed E-state index contributed by atoms with van der Waals surface area (Å²) in [6, 6.07) is 68.1. The van der Waals surface area contributed by atoms with E-state index < -0.39 is 0 Å². The van der Waals surface area contributed by atoms with E-state index >= 15 is 0 Å². The molecule has 53 heavy (non-hydrogen) atoms. The fraction of sp³-hybridized carbons (Fsp3) is 0. The van der Waals surface area contributed by atoms with Gasteiger partial charge in [-0.2, -0.15) is 0 Å². The lowest BCUT2D eigenvalue weighted by Crippen LogP contribution is -1.97. The lowest BCUT2D eigenvalue weighted by atomic mass is 9.94. The molecular formula is C50H32N2O. The van der Waals surface area contributed by atoms with Crippen molar-refractivity contribution in [2.75, 3.05) is 0 Å². The quantitative estimate of drug-likeness (QED) is 0.176. The molecule has 0 bridgehead atoms. The highest BCUT2D eigenvalue weighted by Gasteiger charge is 2.16. The van der Waals surface area contributed by atoms with Crippen LogP contribution in [0.2, 0.25) is 0 Å². The first kappa shape index (κ1) is 30.7. The molecule has 0 N–H and O–H groups in total. The number of rotatable bonds is 6. The monoisotopic (exact) mass is 676 g/mol. The summed E-state index contributed by atoms with van der Waals surface area (Å²) in [4.78, 5) is 10.6. The Morgan fingerprint density at radius 2 is 0.830 bits per heavy atom. The van der Waals surface area contributed by atoms with Crippen LogP contribution in [-0.2, 0) is 0 Å². The molecule has 0 amide bonds.